The molecule has 1 N–H and O–H groups in total. The van der Waals surface area contributed by atoms with Crippen LogP contribution in [0.2, 0.25) is 0 Å². The number of aryl methyl sites for hydroxylation is 1. The Hall–Kier alpha value is -0.970. The molecule has 5 heteroatoms. The predicted octanol–water partition coefficient (Wildman–Crippen LogP) is -0.945. The third-order valence-electron chi connectivity index (χ3n) is 0.908. The summed E-state index contributed by atoms with van der Waals surface area (Å²) in [5, 5.41) is 19.2. The van der Waals surface area contributed by atoms with Gasteiger partial charge in [-0.05, 0) is 11.6 Å². The summed E-state index contributed by atoms with van der Waals surface area (Å²) < 4.78 is 0. The Labute approximate surface area is 52.3 Å². The molecule has 9 heavy (non-hydrogen) atoms. The number of aliphatic hydroxyl groups excluding tert-OH is 1. The van der Waals surface area contributed by atoms with Crippen molar-refractivity contribution in [2.75, 3.05) is 6.61 Å². The van der Waals surface area contributed by atoms with Crippen molar-refractivity contribution in [3.63, 3.8) is 0 Å². The van der Waals surface area contributed by atoms with Crippen LogP contribution >= 0.6 is 0 Å². The van der Waals surface area contributed by atoms with Gasteiger partial charge in [0.1, 0.15) is 0 Å². The van der Waals surface area contributed by atoms with Crippen LogP contribution in [0.5, 0.6) is 0 Å². The van der Waals surface area contributed by atoms with Gasteiger partial charge in [0.05, 0.1) is 6.54 Å². The zero-order valence-electron chi connectivity index (χ0n) is 4.93. The van der Waals surface area contributed by atoms with Gasteiger partial charge in [-0.1, -0.05) is 0 Å². The zero-order valence-corrected chi connectivity index (χ0v) is 4.93. The molecule has 5 nitrogen and oxygen atoms in total. The molecule has 50 valence electrons. The second kappa shape index (κ2) is 3.13. The maximum Gasteiger partial charge on any atom is 0.162 e. The minimum absolute atomic E-state index is 0.168. The van der Waals surface area contributed by atoms with Gasteiger partial charge in [0.25, 0.3) is 0 Å². The highest BCUT2D eigenvalue weighted by atomic mass is 16.3. The summed E-state index contributed by atoms with van der Waals surface area (Å²) in [4.78, 5) is 1.44. The lowest BCUT2D eigenvalue weighted by Gasteiger charge is -1.91. The molecule has 0 unspecified atom stereocenters. The van der Waals surface area contributed by atoms with Gasteiger partial charge in [-0.2, -0.15) is 4.80 Å². The van der Waals surface area contributed by atoms with E-state index in [4.69, 9.17) is 5.11 Å². The molecule has 0 spiro atoms. The van der Waals surface area contributed by atoms with Gasteiger partial charge < -0.3 is 5.11 Å². The van der Waals surface area contributed by atoms with Gasteiger partial charge >= 0.3 is 0 Å². The first-order valence-electron chi connectivity index (χ1n) is 2.75. The summed E-state index contributed by atoms with van der Waals surface area (Å²) in [5.41, 5.74) is 0. The second-order valence-electron chi connectivity index (χ2n) is 1.61. The van der Waals surface area contributed by atoms with E-state index in [1.54, 1.807) is 0 Å². The maximum atomic E-state index is 8.38. The number of tetrazole rings is 1. The molecule has 0 aliphatic rings. The molecule has 0 atom stereocenters. The Morgan fingerprint density at radius 2 is 2.44 bits per heavy atom. The average molecular weight is 128 g/mol. The number of nitrogens with zero attached hydrogens (tertiary/aromatic N) is 4. The molecular formula is C4H8N4O. The Balaban J connectivity index is 2.30. The van der Waals surface area contributed by atoms with E-state index in [1.807, 2.05) is 0 Å². The molecule has 0 aromatic carbocycles. The van der Waals surface area contributed by atoms with Gasteiger partial charge in [-0.25, -0.2) is 0 Å². The fraction of sp³-hybridized carbons (Fsp3) is 0.750. The van der Waals surface area contributed by atoms with Crippen molar-refractivity contribution in [3.05, 3.63) is 6.33 Å². The first kappa shape index (κ1) is 6.15. The van der Waals surface area contributed by atoms with Gasteiger partial charge in [-0.15, -0.1) is 10.2 Å². The highest BCUT2D eigenvalue weighted by molar-refractivity contribution is 4.38. The molecule has 0 aliphatic carbocycles. The average Bonchev–Trinajstić information content (AvgIpc) is 2.34. The van der Waals surface area contributed by atoms with Crippen LogP contribution in [0, 0.1) is 0 Å². The van der Waals surface area contributed by atoms with Crippen molar-refractivity contribution < 1.29 is 5.11 Å². The highest BCUT2D eigenvalue weighted by Gasteiger charge is 1.88. The van der Waals surface area contributed by atoms with Crippen molar-refractivity contribution in [2.24, 2.45) is 0 Å². The van der Waals surface area contributed by atoms with E-state index in [1.165, 1.54) is 11.1 Å². The topological polar surface area (TPSA) is 63.8 Å². The first-order chi connectivity index (χ1) is 4.43. The van der Waals surface area contributed by atoms with E-state index >= 15 is 0 Å². The molecule has 0 saturated heterocycles. The quantitative estimate of drug-likeness (QED) is 0.570. The van der Waals surface area contributed by atoms with E-state index in [2.05, 4.69) is 15.4 Å². The van der Waals surface area contributed by atoms with Crippen LogP contribution in [-0.2, 0) is 6.54 Å². The lowest BCUT2D eigenvalue weighted by Crippen LogP contribution is -2.03. The number of aromatic nitrogens is 4. The van der Waals surface area contributed by atoms with Crippen molar-refractivity contribution in [1.29, 1.82) is 0 Å². The minimum Gasteiger partial charge on any atom is -0.396 e. The Kier molecular flexibility index (Phi) is 2.14. The van der Waals surface area contributed by atoms with Crippen molar-refractivity contribution in [3.8, 4) is 0 Å². The van der Waals surface area contributed by atoms with E-state index in [9.17, 15) is 0 Å². The summed E-state index contributed by atoms with van der Waals surface area (Å²) in [6.45, 7) is 0.804. The molecule has 0 saturated carbocycles. The van der Waals surface area contributed by atoms with Crippen LogP contribution < -0.4 is 0 Å². The SMILES string of the molecule is OCCCn1ncnn1. The standard InChI is InChI=1S/C4H8N4O/c9-3-1-2-8-6-4-5-7-8/h4,9H,1-3H2. The highest BCUT2D eigenvalue weighted by Crippen LogP contribution is 1.80. The van der Waals surface area contributed by atoms with E-state index < -0.39 is 0 Å². The van der Waals surface area contributed by atoms with Crippen LogP contribution in [0.1, 0.15) is 6.42 Å². The zero-order chi connectivity index (χ0) is 6.53. The number of rotatable bonds is 3. The van der Waals surface area contributed by atoms with Crippen molar-refractivity contribution in [2.45, 2.75) is 13.0 Å². The summed E-state index contributed by atoms with van der Waals surface area (Å²) in [5.74, 6) is 0. The van der Waals surface area contributed by atoms with E-state index in [0.717, 1.165) is 0 Å². The van der Waals surface area contributed by atoms with Gasteiger partial charge in [0.15, 0.2) is 6.33 Å². The maximum absolute atomic E-state index is 8.38. The smallest absolute Gasteiger partial charge is 0.162 e. The summed E-state index contributed by atoms with van der Waals surface area (Å²) in [6, 6.07) is 0. The lowest BCUT2D eigenvalue weighted by atomic mass is 10.5. The van der Waals surface area contributed by atoms with E-state index in [-0.39, 0.29) is 6.61 Å². The predicted molar refractivity (Wildman–Crippen MR) is 29.5 cm³/mol. The fourth-order valence-corrected chi connectivity index (χ4v) is 0.503. The molecule has 0 bridgehead atoms. The van der Waals surface area contributed by atoms with Crippen LogP contribution in [0.4, 0.5) is 0 Å². The van der Waals surface area contributed by atoms with Crippen molar-refractivity contribution >= 4 is 0 Å². The molecule has 0 aliphatic heterocycles. The normalized spacial score (nSPS) is 9.89. The monoisotopic (exact) mass is 128 g/mol. The second-order valence-corrected chi connectivity index (χ2v) is 1.61. The fourth-order valence-electron chi connectivity index (χ4n) is 0.503. The molecule has 1 aromatic heterocycles. The van der Waals surface area contributed by atoms with Gasteiger partial charge in [0.2, 0.25) is 0 Å². The summed E-state index contributed by atoms with van der Waals surface area (Å²) in [6.07, 6.45) is 2.05. The molecule has 0 radical (unpaired) electrons. The van der Waals surface area contributed by atoms with Crippen LogP contribution in [0.3, 0.4) is 0 Å². The lowest BCUT2D eigenvalue weighted by molar-refractivity contribution is 0.272. The number of hydrogen-bond acceptors (Lipinski definition) is 4. The number of aliphatic hydroxyl groups is 1. The van der Waals surface area contributed by atoms with Crippen LogP contribution in [-0.4, -0.2) is 31.9 Å². The van der Waals surface area contributed by atoms with Crippen LogP contribution in [0.15, 0.2) is 6.33 Å². The summed E-state index contributed by atoms with van der Waals surface area (Å²) in [7, 11) is 0. The molecule has 1 heterocycles. The minimum atomic E-state index is 0.168. The third kappa shape index (κ3) is 1.77. The third-order valence-corrected chi connectivity index (χ3v) is 0.908. The van der Waals surface area contributed by atoms with Crippen molar-refractivity contribution in [1.82, 2.24) is 20.2 Å². The Morgan fingerprint density at radius 1 is 1.56 bits per heavy atom. The number of hydrogen-bond donors (Lipinski definition) is 1. The Morgan fingerprint density at radius 3 is 3.00 bits per heavy atom. The van der Waals surface area contributed by atoms with Gasteiger partial charge in [-0.3, -0.25) is 0 Å². The Bertz CT molecular complexity index is 150. The molecular weight excluding hydrogens is 120 g/mol. The van der Waals surface area contributed by atoms with E-state index in [0.29, 0.717) is 13.0 Å². The molecule has 1 aromatic rings. The summed E-state index contributed by atoms with van der Waals surface area (Å²) >= 11 is 0. The molecule has 0 fully saturated rings. The van der Waals surface area contributed by atoms with Crippen LogP contribution in [0.25, 0.3) is 0 Å². The first-order valence-corrected chi connectivity index (χ1v) is 2.75. The molecule has 0 amide bonds. The molecule has 1 rings (SSSR count). The van der Waals surface area contributed by atoms with Gasteiger partial charge in [0, 0.05) is 6.61 Å². The largest absolute Gasteiger partial charge is 0.396 e.